The van der Waals surface area contributed by atoms with Crippen LogP contribution in [-0.4, -0.2) is 21.4 Å². The molecule has 0 radical (unpaired) electrons. The highest BCUT2D eigenvalue weighted by Gasteiger charge is 2.19. The van der Waals surface area contributed by atoms with E-state index in [0.29, 0.717) is 11.5 Å². The average molecular weight is 360 g/mol. The molecule has 0 aliphatic rings. The molecule has 0 saturated carbocycles. The molecule has 0 fully saturated rings. The molecule has 5 nitrogen and oxygen atoms in total. The SMILES string of the molecule is CNS(=O)(=O)c1cccc(C(=O)N[C@@H](CC(C)C)c2ccccc2)c1. The first-order valence-corrected chi connectivity index (χ1v) is 9.71. The van der Waals surface area contributed by atoms with E-state index in [1.54, 1.807) is 12.1 Å². The maximum atomic E-state index is 12.7. The third-order valence-electron chi connectivity index (χ3n) is 3.89. The van der Waals surface area contributed by atoms with Crippen LogP contribution < -0.4 is 10.0 Å². The highest BCUT2D eigenvalue weighted by atomic mass is 32.2. The molecule has 0 spiro atoms. The lowest BCUT2D eigenvalue weighted by atomic mass is 9.96. The van der Waals surface area contributed by atoms with Gasteiger partial charge in [-0.25, -0.2) is 13.1 Å². The van der Waals surface area contributed by atoms with Crippen LogP contribution in [0, 0.1) is 5.92 Å². The van der Waals surface area contributed by atoms with Gasteiger partial charge in [0.05, 0.1) is 10.9 Å². The minimum atomic E-state index is -3.58. The fraction of sp³-hybridized carbons (Fsp3) is 0.316. The number of hydrogen-bond donors (Lipinski definition) is 2. The number of benzene rings is 2. The number of rotatable bonds is 7. The van der Waals surface area contributed by atoms with E-state index in [9.17, 15) is 13.2 Å². The van der Waals surface area contributed by atoms with E-state index in [2.05, 4.69) is 23.9 Å². The van der Waals surface area contributed by atoms with Crippen LogP contribution in [0.1, 0.15) is 42.2 Å². The van der Waals surface area contributed by atoms with Crippen LogP contribution in [0.5, 0.6) is 0 Å². The summed E-state index contributed by atoms with van der Waals surface area (Å²) in [6.45, 7) is 4.20. The first-order chi connectivity index (χ1) is 11.8. The van der Waals surface area contributed by atoms with Crippen LogP contribution in [-0.2, 0) is 10.0 Å². The molecular formula is C19H24N2O3S. The molecule has 0 aliphatic carbocycles. The highest BCUT2D eigenvalue weighted by Crippen LogP contribution is 2.22. The third-order valence-corrected chi connectivity index (χ3v) is 5.30. The number of hydrogen-bond acceptors (Lipinski definition) is 3. The molecule has 0 aromatic heterocycles. The summed E-state index contributed by atoms with van der Waals surface area (Å²) in [6.07, 6.45) is 0.796. The number of carbonyl (C=O) groups is 1. The molecule has 0 bridgehead atoms. The fourth-order valence-corrected chi connectivity index (χ4v) is 3.37. The van der Waals surface area contributed by atoms with Gasteiger partial charge in [0, 0.05) is 5.56 Å². The maximum absolute atomic E-state index is 12.7. The quantitative estimate of drug-likeness (QED) is 0.797. The van der Waals surface area contributed by atoms with Crippen LogP contribution in [0.15, 0.2) is 59.5 Å². The Morgan fingerprint density at radius 3 is 2.32 bits per heavy atom. The van der Waals surface area contributed by atoms with Gasteiger partial charge in [0.25, 0.3) is 5.91 Å². The summed E-state index contributed by atoms with van der Waals surface area (Å²) in [7, 11) is -2.24. The lowest BCUT2D eigenvalue weighted by Gasteiger charge is -2.21. The Hall–Kier alpha value is -2.18. The van der Waals surface area contributed by atoms with Crippen molar-refractivity contribution in [1.29, 1.82) is 0 Å². The average Bonchev–Trinajstić information content (AvgIpc) is 2.61. The Kier molecular flexibility index (Phi) is 6.33. The molecule has 2 aromatic carbocycles. The Morgan fingerprint density at radius 1 is 1.04 bits per heavy atom. The second kappa shape index (κ2) is 8.27. The zero-order valence-corrected chi connectivity index (χ0v) is 15.5. The summed E-state index contributed by atoms with van der Waals surface area (Å²) in [5.41, 5.74) is 1.35. The van der Waals surface area contributed by atoms with Gasteiger partial charge >= 0.3 is 0 Å². The van der Waals surface area contributed by atoms with Crippen molar-refractivity contribution in [2.75, 3.05) is 7.05 Å². The molecule has 1 atom stereocenters. The predicted molar refractivity (Wildman–Crippen MR) is 98.8 cm³/mol. The van der Waals surface area contributed by atoms with Crippen molar-refractivity contribution >= 4 is 15.9 Å². The molecule has 2 N–H and O–H groups in total. The van der Waals surface area contributed by atoms with E-state index in [1.165, 1.54) is 19.2 Å². The molecular weight excluding hydrogens is 336 g/mol. The molecule has 0 unspecified atom stereocenters. The van der Waals surface area contributed by atoms with E-state index in [0.717, 1.165) is 12.0 Å². The monoisotopic (exact) mass is 360 g/mol. The molecule has 0 saturated heterocycles. The van der Waals surface area contributed by atoms with E-state index in [-0.39, 0.29) is 16.8 Å². The normalized spacial score (nSPS) is 12.8. The van der Waals surface area contributed by atoms with Gasteiger partial charge in [-0.1, -0.05) is 50.2 Å². The van der Waals surface area contributed by atoms with E-state index in [1.807, 2.05) is 30.3 Å². The second-order valence-corrected chi connectivity index (χ2v) is 8.19. The van der Waals surface area contributed by atoms with E-state index >= 15 is 0 Å². The van der Waals surface area contributed by atoms with Crippen LogP contribution in [0.2, 0.25) is 0 Å². The van der Waals surface area contributed by atoms with Gasteiger partial charge in [0.1, 0.15) is 0 Å². The van der Waals surface area contributed by atoms with Gasteiger partial charge in [-0.3, -0.25) is 4.79 Å². The first-order valence-electron chi connectivity index (χ1n) is 8.23. The van der Waals surface area contributed by atoms with Crippen LogP contribution in [0.4, 0.5) is 0 Å². The first kappa shape index (κ1) is 19.1. The number of sulfonamides is 1. The van der Waals surface area contributed by atoms with Crippen molar-refractivity contribution in [3.05, 3.63) is 65.7 Å². The van der Waals surface area contributed by atoms with E-state index < -0.39 is 10.0 Å². The summed E-state index contributed by atoms with van der Waals surface area (Å²) >= 11 is 0. The lowest BCUT2D eigenvalue weighted by molar-refractivity contribution is 0.0931. The minimum absolute atomic E-state index is 0.0720. The third kappa shape index (κ3) is 5.14. The molecule has 25 heavy (non-hydrogen) atoms. The van der Waals surface area contributed by atoms with Gasteiger partial charge < -0.3 is 5.32 Å². The van der Waals surface area contributed by atoms with Gasteiger partial charge in [-0.15, -0.1) is 0 Å². The van der Waals surface area contributed by atoms with Crippen LogP contribution in [0.25, 0.3) is 0 Å². The molecule has 6 heteroatoms. The molecule has 134 valence electrons. The zero-order valence-electron chi connectivity index (χ0n) is 14.7. The second-order valence-electron chi connectivity index (χ2n) is 6.30. The maximum Gasteiger partial charge on any atom is 0.251 e. The Bertz CT molecular complexity index is 818. The standard InChI is InChI=1S/C19H24N2O3S/c1-14(2)12-18(15-8-5-4-6-9-15)21-19(22)16-10-7-11-17(13-16)25(23,24)20-3/h4-11,13-14,18,20H,12H2,1-3H3,(H,21,22)/t18-/m0/s1. The van der Waals surface area contributed by atoms with Gasteiger partial charge in [-0.2, -0.15) is 0 Å². The fourth-order valence-electron chi connectivity index (χ4n) is 2.60. The van der Waals surface area contributed by atoms with Gasteiger partial charge in [-0.05, 0) is 43.1 Å². The van der Waals surface area contributed by atoms with Crippen molar-refractivity contribution in [2.45, 2.75) is 31.2 Å². The molecule has 0 heterocycles. The topological polar surface area (TPSA) is 75.3 Å². The lowest BCUT2D eigenvalue weighted by Crippen LogP contribution is -2.29. The molecule has 0 aliphatic heterocycles. The molecule has 1 amide bonds. The summed E-state index contributed by atoms with van der Waals surface area (Å²) in [6, 6.07) is 15.7. The van der Waals surface area contributed by atoms with Crippen molar-refractivity contribution in [3.63, 3.8) is 0 Å². The van der Waals surface area contributed by atoms with Crippen molar-refractivity contribution < 1.29 is 13.2 Å². The van der Waals surface area contributed by atoms with Crippen molar-refractivity contribution in [3.8, 4) is 0 Å². The van der Waals surface area contributed by atoms with Crippen LogP contribution in [0.3, 0.4) is 0 Å². The van der Waals surface area contributed by atoms with Gasteiger partial charge in [0.2, 0.25) is 10.0 Å². The highest BCUT2D eigenvalue weighted by molar-refractivity contribution is 7.89. The summed E-state index contributed by atoms with van der Waals surface area (Å²) < 4.78 is 26.1. The Balaban J connectivity index is 2.25. The minimum Gasteiger partial charge on any atom is -0.345 e. The number of carbonyl (C=O) groups excluding carboxylic acids is 1. The predicted octanol–water partition coefficient (Wildman–Crippen LogP) is 3.11. The summed E-state index contributed by atoms with van der Waals surface area (Å²) in [4.78, 5) is 12.7. The summed E-state index contributed by atoms with van der Waals surface area (Å²) in [5.74, 6) is 0.115. The number of nitrogens with one attached hydrogen (secondary N) is 2. The number of amides is 1. The molecule has 2 aromatic rings. The summed E-state index contributed by atoms with van der Waals surface area (Å²) in [5, 5.41) is 3.02. The Labute approximate surface area is 149 Å². The molecule has 2 rings (SSSR count). The van der Waals surface area contributed by atoms with Crippen molar-refractivity contribution in [1.82, 2.24) is 10.0 Å². The van der Waals surface area contributed by atoms with Crippen LogP contribution >= 0.6 is 0 Å². The van der Waals surface area contributed by atoms with E-state index in [4.69, 9.17) is 0 Å². The smallest absolute Gasteiger partial charge is 0.251 e. The zero-order chi connectivity index (χ0) is 18.4. The Morgan fingerprint density at radius 2 is 1.72 bits per heavy atom. The largest absolute Gasteiger partial charge is 0.345 e. The van der Waals surface area contributed by atoms with Gasteiger partial charge in [0.15, 0.2) is 0 Å². The van der Waals surface area contributed by atoms with Crippen molar-refractivity contribution in [2.24, 2.45) is 5.92 Å².